The maximum Gasteiger partial charge on any atom is 0.149 e. The van der Waals surface area contributed by atoms with Crippen molar-refractivity contribution >= 4 is 5.78 Å². The summed E-state index contributed by atoms with van der Waals surface area (Å²) in [5.41, 5.74) is 0.626. The van der Waals surface area contributed by atoms with Gasteiger partial charge in [-0.2, -0.15) is 0 Å². The lowest BCUT2D eigenvalue weighted by molar-refractivity contribution is -0.122. The topological polar surface area (TPSA) is 20.3 Å². The minimum atomic E-state index is -0.216. The Labute approximate surface area is 96.1 Å². The Morgan fingerprint density at radius 2 is 2.00 bits per heavy atom. The van der Waals surface area contributed by atoms with Crippen molar-refractivity contribution in [3.05, 3.63) is 35.6 Å². The fraction of sp³-hybridized carbons (Fsp3) is 0.462. The quantitative estimate of drug-likeness (QED) is 0.764. The van der Waals surface area contributed by atoms with Gasteiger partial charge in [-0.25, -0.2) is 4.39 Å². The Morgan fingerprint density at radius 3 is 2.56 bits per heavy atom. The third-order valence-electron chi connectivity index (χ3n) is 2.47. The number of likely N-dealkylation sites (N-methyl/N-ethyl adjacent to an activating group) is 1. The molecule has 0 N–H and O–H groups in total. The van der Waals surface area contributed by atoms with E-state index in [2.05, 4.69) is 0 Å². The predicted octanol–water partition coefficient (Wildman–Crippen LogP) is 2.48. The fourth-order valence-corrected chi connectivity index (χ4v) is 1.42. The van der Waals surface area contributed by atoms with Crippen molar-refractivity contribution in [1.82, 2.24) is 4.90 Å². The van der Waals surface area contributed by atoms with Gasteiger partial charge in [0.2, 0.25) is 0 Å². The van der Waals surface area contributed by atoms with Crippen LogP contribution in [-0.2, 0) is 11.3 Å². The Balaban J connectivity index is 2.55. The Kier molecular flexibility index (Phi) is 4.62. The van der Waals surface area contributed by atoms with E-state index in [1.807, 2.05) is 25.8 Å². The van der Waals surface area contributed by atoms with Gasteiger partial charge in [-0.1, -0.05) is 32.0 Å². The van der Waals surface area contributed by atoms with E-state index in [0.29, 0.717) is 18.7 Å². The monoisotopic (exact) mass is 223 g/mol. The minimum absolute atomic E-state index is 0.0306. The van der Waals surface area contributed by atoms with Gasteiger partial charge in [-0.3, -0.25) is 9.69 Å². The second-order valence-electron chi connectivity index (χ2n) is 4.38. The number of ketones is 1. The number of halogens is 1. The average molecular weight is 223 g/mol. The Hall–Kier alpha value is -1.22. The highest BCUT2D eigenvalue weighted by molar-refractivity contribution is 5.82. The van der Waals surface area contributed by atoms with Gasteiger partial charge in [-0.15, -0.1) is 0 Å². The fourth-order valence-electron chi connectivity index (χ4n) is 1.42. The molecule has 0 heterocycles. The molecule has 0 saturated carbocycles. The second-order valence-corrected chi connectivity index (χ2v) is 4.38. The molecule has 0 bridgehead atoms. The molecule has 0 radical (unpaired) electrons. The molecule has 0 aliphatic rings. The number of benzene rings is 1. The van der Waals surface area contributed by atoms with E-state index in [4.69, 9.17) is 0 Å². The summed E-state index contributed by atoms with van der Waals surface area (Å²) in [6, 6.07) is 6.65. The Morgan fingerprint density at radius 1 is 1.38 bits per heavy atom. The molecule has 0 aliphatic carbocycles. The molecule has 0 unspecified atom stereocenters. The van der Waals surface area contributed by atoms with Crippen LogP contribution in [-0.4, -0.2) is 24.3 Å². The molecule has 88 valence electrons. The van der Waals surface area contributed by atoms with Crippen molar-refractivity contribution in [3.63, 3.8) is 0 Å². The van der Waals surface area contributed by atoms with E-state index in [-0.39, 0.29) is 17.5 Å². The van der Waals surface area contributed by atoms with Gasteiger partial charge in [0.1, 0.15) is 11.6 Å². The molecule has 0 saturated heterocycles. The Bertz CT molecular complexity index is 363. The van der Waals surface area contributed by atoms with Crippen LogP contribution in [0.5, 0.6) is 0 Å². The highest BCUT2D eigenvalue weighted by atomic mass is 19.1. The third kappa shape index (κ3) is 3.74. The predicted molar refractivity (Wildman–Crippen MR) is 62.6 cm³/mol. The van der Waals surface area contributed by atoms with Crippen molar-refractivity contribution in [2.45, 2.75) is 20.4 Å². The van der Waals surface area contributed by atoms with E-state index in [1.165, 1.54) is 6.07 Å². The standard InChI is InChI=1S/C13H18FNO/c1-10(2)13(16)9-15(3)8-11-6-4-5-7-12(11)14/h4-7,10H,8-9H2,1-3H3. The second kappa shape index (κ2) is 5.75. The van der Waals surface area contributed by atoms with Gasteiger partial charge in [0.15, 0.2) is 0 Å². The van der Waals surface area contributed by atoms with Crippen LogP contribution in [0.1, 0.15) is 19.4 Å². The van der Waals surface area contributed by atoms with Crippen molar-refractivity contribution in [2.24, 2.45) is 5.92 Å². The number of carbonyl (C=O) groups excluding carboxylic acids is 1. The molecule has 1 aromatic rings. The van der Waals surface area contributed by atoms with Crippen LogP contribution < -0.4 is 0 Å². The summed E-state index contributed by atoms with van der Waals surface area (Å²) in [4.78, 5) is 13.3. The number of carbonyl (C=O) groups is 1. The molecule has 2 nitrogen and oxygen atoms in total. The van der Waals surface area contributed by atoms with E-state index < -0.39 is 0 Å². The zero-order valence-corrected chi connectivity index (χ0v) is 10.0. The zero-order valence-electron chi connectivity index (χ0n) is 10.0. The first kappa shape index (κ1) is 12.8. The van der Waals surface area contributed by atoms with E-state index >= 15 is 0 Å². The summed E-state index contributed by atoms with van der Waals surface area (Å²) >= 11 is 0. The van der Waals surface area contributed by atoms with Gasteiger partial charge in [0.25, 0.3) is 0 Å². The van der Waals surface area contributed by atoms with Crippen LogP contribution in [0, 0.1) is 11.7 Å². The SMILES string of the molecule is CC(C)C(=O)CN(C)Cc1ccccc1F. The lowest BCUT2D eigenvalue weighted by atomic mass is 10.1. The molecule has 0 spiro atoms. The van der Waals surface area contributed by atoms with Crippen LogP contribution in [0.15, 0.2) is 24.3 Å². The molecule has 3 heteroatoms. The molecule has 0 amide bonds. The first-order valence-corrected chi connectivity index (χ1v) is 5.45. The molecule has 1 rings (SSSR count). The lowest BCUT2D eigenvalue weighted by Gasteiger charge is -2.17. The van der Waals surface area contributed by atoms with Crippen LogP contribution in [0.3, 0.4) is 0 Å². The summed E-state index contributed by atoms with van der Waals surface area (Å²) < 4.78 is 13.3. The smallest absolute Gasteiger partial charge is 0.149 e. The number of hydrogen-bond acceptors (Lipinski definition) is 2. The van der Waals surface area contributed by atoms with Crippen molar-refractivity contribution < 1.29 is 9.18 Å². The number of Topliss-reactive ketones (excluding diaryl/α,β-unsaturated/α-hetero) is 1. The summed E-state index contributed by atoms with van der Waals surface area (Å²) in [6.07, 6.45) is 0. The minimum Gasteiger partial charge on any atom is -0.298 e. The molecule has 0 atom stereocenters. The highest BCUT2D eigenvalue weighted by Gasteiger charge is 2.11. The first-order valence-electron chi connectivity index (χ1n) is 5.45. The largest absolute Gasteiger partial charge is 0.298 e. The van der Waals surface area contributed by atoms with Crippen molar-refractivity contribution in [3.8, 4) is 0 Å². The third-order valence-corrected chi connectivity index (χ3v) is 2.47. The first-order chi connectivity index (χ1) is 7.50. The van der Waals surface area contributed by atoms with Gasteiger partial charge < -0.3 is 0 Å². The average Bonchev–Trinajstić information content (AvgIpc) is 2.21. The van der Waals surface area contributed by atoms with E-state index in [0.717, 1.165) is 0 Å². The molecular weight excluding hydrogens is 205 g/mol. The maximum absolute atomic E-state index is 13.3. The molecular formula is C13H18FNO. The number of hydrogen-bond donors (Lipinski definition) is 0. The molecule has 16 heavy (non-hydrogen) atoms. The summed E-state index contributed by atoms with van der Waals surface area (Å²) in [6.45, 7) is 4.58. The summed E-state index contributed by atoms with van der Waals surface area (Å²) in [5.74, 6) is -0.00624. The molecule has 1 aromatic carbocycles. The van der Waals surface area contributed by atoms with Crippen molar-refractivity contribution in [2.75, 3.05) is 13.6 Å². The highest BCUT2D eigenvalue weighted by Crippen LogP contribution is 2.09. The van der Waals surface area contributed by atoms with Crippen LogP contribution >= 0.6 is 0 Å². The molecule has 0 fully saturated rings. The lowest BCUT2D eigenvalue weighted by Crippen LogP contribution is -2.28. The zero-order chi connectivity index (χ0) is 12.1. The van der Waals surface area contributed by atoms with Gasteiger partial charge in [-0.05, 0) is 13.1 Å². The number of rotatable bonds is 5. The van der Waals surface area contributed by atoms with Crippen LogP contribution in [0.4, 0.5) is 4.39 Å². The van der Waals surface area contributed by atoms with Gasteiger partial charge >= 0.3 is 0 Å². The normalized spacial score (nSPS) is 11.1. The van der Waals surface area contributed by atoms with E-state index in [9.17, 15) is 9.18 Å². The molecule has 0 aromatic heterocycles. The molecule has 0 aliphatic heterocycles. The van der Waals surface area contributed by atoms with Crippen LogP contribution in [0.2, 0.25) is 0 Å². The van der Waals surface area contributed by atoms with Gasteiger partial charge in [0, 0.05) is 18.0 Å². The van der Waals surface area contributed by atoms with Crippen LogP contribution in [0.25, 0.3) is 0 Å². The maximum atomic E-state index is 13.3. The summed E-state index contributed by atoms with van der Waals surface area (Å²) in [5, 5.41) is 0. The summed E-state index contributed by atoms with van der Waals surface area (Å²) in [7, 11) is 1.83. The van der Waals surface area contributed by atoms with E-state index in [1.54, 1.807) is 18.2 Å². The number of nitrogens with zero attached hydrogens (tertiary/aromatic N) is 1. The van der Waals surface area contributed by atoms with Crippen molar-refractivity contribution in [1.29, 1.82) is 0 Å². The van der Waals surface area contributed by atoms with Gasteiger partial charge in [0.05, 0.1) is 6.54 Å².